The molecule has 2 aliphatic rings. The number of aromatic nitrogens is 3. The fourth-order valence-electron chi connectivity index (χ4n) is 3.11. The Morgan fingerprint density at radius 3 is 2.57 bits per heavy atom. The van der Waals surface area contributed by atoms with Crippen LogP contribution in [0.4, 0.5) is 18.9 Å². The van der Waals surface area contributed by atoms with Crippen molar-refractivity contribution in [1.82, 2.24) is 14.8 Å². The molecular weight excluding hydrogens is 415 g/mol. The molecule has 28 heavy (non-hydrogen) atoms. The lowest BCUT2D eigenvalue weighted by Crippen LogP contribution is -2.18. The Balaban J connectivity index is 1.70. The highest BCUT2D eigenvalue weighted by atomic mass is 35.5. The fraction of sp³-hybridized carbons (Fsp3) is 0.353. The van der Waals surface area contributed by atoms with E-state index >= 15 is 0 Å². The molecule has 2 N–H and O–H groups in total. The number of anilines is 1. The molecule has 1 aliphatic carbocycles. The van der Waals surface area contributed by atoms with Gasteiger partial charge in [0.15, 0.2) is 11.5 Å². The summed E-state index contributed by atoms with van der Waals surface area (Å²) in [6, 6.07) is 3.31. The minimum absolute atomic E-state index is 0.0455. The highest BCUT2D eigenvalue weighted by molar-refractivity contribution is 8.04. The summed E-state index contributed by atoms with van der Waals surface area (Å²) in [6.45, 7) is 1.78. The summed E-state index contributed by atoms with van der Waals surface area (Å²) in [5.41, 5.74) is 6.02. The third kappa shape index (κ3) is 3.24. The van der Waals surface area contributed by atoms with Crippen LogP contribution in [0.1, 0.15) is 37.1 Å². The maximum absolute atomic E-state index is 13.2. The van der Waals surface area contributed by atoms with E-state index in [0.29, 0.717) is 27.9 Å². The topological polar surface area (TPSA) is 77.0 Å². The lowest BCUT2D eigenvalue weighted by Gasteiger charge is -2.19. The third-order valence-corrected chi connectivity index (χ3v) is 6.19. The molecule has 4 rings (SSSR count). The highest BCUT2D eigenvalue weighted by Gasteiger charge is 2.42. The summed E-state index contributed by atoms with van der Waals surface area (Å²) in [7, 11) is 0. The van der Waals surface area contributed by atoms with Gasteiger partial charge in [0, 0.05) is 11.6 Å². The molecule has 2 aromatic rings. The zero-order valence-corrected chi connectivity index (χ0v) is 16.2. The average Bonchev–Trinajstić information content (AvgIpc) is 3.28. The number of amides is 1. The summed E-state index contributed by atoms with van der Waals surface area (Å²) >= 11 is 7.33. The Morgan fingerprint density at radius 2 is 2.07 bits per heavy atom. The second-order valence-electron chi connectivity index (χ2n) is 6.59. The van der Waals surface area contributed by atoms with Gasteiger partial charge in [-0.1, -0.05) is 23.4 Å². The molecule has 3 heterocycles. The molecule has 1 fully saturated rings. The van der Waals surface area contributed by atoms with Gasteiger partial charge in [-0.25, -0.2) is 9.67 Å². The standard InChI is InChI=1S/C17H15ClF3N5OS/c1-8-14(16(22)27)28-7-25(8)10-4-5-11(23-6-10)26-13(9-2-3-9)12(18)15(24-26)17(19,20)21/h4-6,9H,2-3,7H2,1H3,(H2,22,27). The van der Waals surface area contributed by atoms with Crippen LogP contribution in [0.15, 0.2) is 28.9 Å². The van der Waals surface area contributed by atoms with Crippen molar-refractivity contribution in [1.29, 1.82) is 0 Å². The van der Waals surface area contributed by atoms with Gasteiger partial charge in [-0.15, -0.1) is 0 Å². The van der Waals surface area contributed by atoms with Crippen molar-refractivity contribution in [3.63, 3.8) is 0 Å². The van der Waals surface area contributed by atoms with Crippen LogP contribution >= 0.6 is 23.4 Å². The Bertz CT molecular complexity index is 982. The number of hydrogen-bond donors (Lipinski definition) is 1. The van der Waals surface area contributed by atoms with Crippen LogP contribution in [0.2, 0.25) is 5.02 Å². The van der Waals surface area contributed by atoms with Crippen LogP contribution in [0.25, 0.3) is 5.82 Å². The van der Waals surface area contributed by atoms with Crippen molar-refractivity contribution in [2.75, 3.05) is 10.8 Å². The van der Waals surface area contributed by atoms with E-state index in [1.165, 1.54) is 22.6 Å². The number of nitrogens with two attached hydrogens (primary N) is 1. The van der Waals surface area contributed by atoms with Gasteiger partial charge in [0.2, 0.25) is 0 Å². The van der Waals surface area contributed by atoms with Crippen LogP contribution in [-0.4, -0.2) is 26.5 Å². The quantitative estimate of drug-likeness (QED) is 0.793. The number of nitrogens with zero attached hydrogens (tertiary/aromatic N) is 4. The van der Waals surface area contributed by atoms with Gasteiger partial charge in [-0.05, 0) is 31.9 Å². The first-order chi connectivity index (χ1) is 13.2. The van der Waals surface area contributed by atoms with Crippen molar-refractivity contribution < 1.29 is 18.0 Å². The summed E-state index contributed by atoms with van der Waals surface area (Å²) in [5, 5.41) is 3.34. The molecule has 11 heteroatoms. The second-order valence-corrected chi connectivity index (χ2v) is 7.92. The summed E-state index contributed by atoms with van der Waals surface area (Å²) in [6.07, 6.45) is -1.56. The van der Waals surface area contributed by atoms with E-state index in [1.54, 1.807) is 19.1 Å². The van der Waals surface area contributed by atoms with Gasteiger partial charge in [0.25, 0.3) is 5.91 Å². The molecular formula is C17H15ClF3N5OS. The molecule has 0 aromatic carbocycles. The molecule has 0 atom stereocenters. The minimum atomic E-state index is -4.63. The van der Waals surface area contributed by atoms with Crippen LogP contribution < -0.4 is 10.6 Å². The molecule has 0 saturated heterocycles. The number of allylic oxidation sites excluding steroid dienone is 1. The average molecular weight is 430 g/mol. The summed E-state index contributed by atoms with van der Waals surface area (Å²) < 4.78 is 40.9. The predicted octanol–water partition coefficient (Wildman–Crippen LogP) is 4.04. The predicted molar refractivity (Wildman–Crippen MR) is 100 cm³/mol. The number of thioether (sulfide) groups is 1. The van der Waals surface area contributed by atoms with E-state index in [9.17, 15) is 18.0 Å². The largest absolute Gasteiger partial charge is 0.436 e. The number of alkyl halides is 3. The molecule has 1 aliphatic heterocycles. The number of hydrogen-bond acceptors (Lipinski definition) is 5. The van der Waals surface area contributed by atoms with E-state index < -0.39 is 17.8 Å². The lowest BCUT2D eigenvalue weighted by molar-refractivity contribution is -0.141. The maximum atomic E-state index is 13.2. The van der Waals surface area contributed by atoms with E-state index in [-0.39, 0.29) is 16.8 Å². The highest BCUT2D eigenvalue weighted by Crippen LogP contribution is 2.47. The third-order valence-electron chi connectivity index (χ3n) is 4.65. The smallest absolute Gasteiger partial charge is 0.365 e. The number of halogens is 4. The Labute approximate surface area is 167 Å². The maximum Gasteiger partial charge on any atom is 0.436 e. The molecule has 148 valence electrons. The number of pyridine rings is 1. The zero-order chi connectivity index (χ0) is 20.2. The fourth-order valence-corrected chi connectivity index (χ4v) is 4.55. The molecule has 1 saturated carbocycles. The monoisotopic (exact) mass is 429 g/mol. The van der Waals surface area contributed by atoms with Gasteiger partial charge in [-0.2, -0.15) is 18.3 Å². The first-order valence-corrected chi connectivity index (χ1v) is 9.78. The van der Waals surface area contributed by atoms with E-state index in [4.69, 9.17) is 17.3 Å². The summed E-state index contributed by atoms with van der Waals surface area (Å²) in [5.74, 6) is 0.224. The van der Waals surface area contributed by atoms with Gasteiger partial charge < -0.3 is 10.6 Å². The molecule has 0 unspecified atom stereocenters. The normalized spacial score (nSPS) is 17.5. The first kappa shape index (κ1) is 19.1. The number of carbonyl (C=O) groups excluding carboxylic acids is 1. The molecule has 0 bridgehead atoms. The summed E-state index contributed by atoms with van der Waals surface area (Å²) in [4.78, 5) is 18.1. The molecule has 2 aromatic heterocycles. The van der Waals surface area contributed by atoms with E-state index in [0.717, 1.165) is 12.8 Å². The Kier molecular flexibility index (Phi) is 4.58. The van der Waals surface area contributed by atoms with Crippen molar-refractivity contribution >= 4 is 35.0 Å². The van der Waals surface area contributed by atoms with Crippen LogP contribution in [0, 0.1) is 0 Å². The van der Waals surface area contributed by atoms with Crippen molar-refractivity contribution in [3.8, 4) is 5.82 Å². The van der Waals surface area contributed by atoms with Gasteiger partial charge in [-0.3, -0.25) is 4.79 Å². The second kappa shape index (κ2) is 6.70. The van der Waals surface area contributed by atoms with E-state index in [1.807, 2.05) is 4.90 Å². The van der Waals surface area contributed by atoms with Crippen LogP contribution in [0.5, 0.6) is 0 Å². The van der Waals surface area contributed by atoms with Gasteiger partial charge in [0.1, 0.15) is 0 Å². The Morgan fingerprint density at radius 1 is 1.36 bits per heavy atom. The van der Waals surface area contributed by atoms with Gasteiger partial charge in [0.05, 0.1) is 33.4 Å². The minimum Gasteiger partial charge on any atom is -0.365 e. The van der Waals surface area contributed by atoms with Crippen LogP contribution in [0.3, 0.4) is 0 Å². The lowest BCUT2D eigenvalue weighted by atomic mass is 10.2. The number of rotatable bonds is 4. The van der Waals surface area contributed by atoms with Crippen molar-refractivity contribution in [2.45, 2.75) is 31.9 Å². The Hall–Kier alpha value is -2.20. The van der Waals surface area contributed by atoms with Crippen molar-refractivity contribution in [3.05, 3.63) is 45.3 Å². The van der Waals surface area contributed by atoms with Crippen LogP contribution in [-0.2, 0) is 11.0 Å². The molecule has 1 amide bonds. The zero-order valence-electron chi connectivity index (χ0n) is 14.6. The van der Waals surface area contributed by atoms with E-state index in [2.05, 4.69) is 10.1 Å². The molecule has 6 nitrogen and oxygen atoms in total. The molecule has 0 radical (unpaired) electrons. The van der Waals surface area contributed by atoms with Crippen molar-refractivity contribution in [2.24, 2.45) is 5.73 Å². The number of carbonyl (C=O) groups is 1. The van der Waals surface area contributed by atoms with Gasteiger partial charge >= 0.3 is 6.18 Å². The first-order valence-electron chi connectivity index (χ1n) is 8.41. The number of primary amides is 1. The molecule has 0 spiro atoms. The SMILES string of the molecule is CC1=C(C(N)=O)SCN1c1ccc(-n2nc(C(F)(F)F)c(Cl)c2C2CC2)nc1.